The minimum absolute atomic E-state index is 0.101. The zero-order valence-corrected chi connectivity index (χ0v) is 13.6. The highest BCUT2D eigenvalue weighted by atomic mass is 32.1. The number of hydrogen-bond acceptors (Lipinski definition) is 4. The number of hydrogen-bond donors (Lipinski definition) is 1. The summed E-state index contributed by atoms with van der Waals surface area (Å²) in [4.78, 5) is 17.9. The van der Waals surface area contributed by atoms with Crippen LogP contribution in [0, 0.1) is 13.8 Å². The van der Waals surface area contributed by atoms with E-state index in [4.69, 9.17) is 0 Å². The molecule has 2 aromatic heterocycles. The predicted octanol–water partition coefficient (Wildman–Crippen LogP) is 2.36. The van der Waals surface area contributed by atoms with E-state index in [9.17, 15) is 4.79 Å². The number of rotatable bonds is 5. The van der Waals surface area contributed by atoms with Crippen molar-refractivity contribution in [2.45, 2.75) is 33.4 Å². The molecule has 0 aliphatic rings. The van der Waals surface area contributed by atoms with Gasteiger partial charge in [-0.2, -0.15) is 5.10 Å². The van der Waals surface area contributed by atoms with Crippen molar-refractivity contribution in [1.82, 2.24) is 25.0 Å². The van der Waals surface area contributed by atoms with E-state index < -0.39 is 0 Å². The van der Waals surface area contributed by atoms with Gasteiger partial charge in [-0.15, -0.1) is 11.3 Å². The summed E-state index contributed by atoms with van der Waals surface area (Å²) in [5.41, 5.74) is 4.77. The number of aromatic nitrogens is 3. The zero-order valence-electron chi connectivity index (χ0n) is 12.8. The second-order valence-corrected chi connectivity index (χ2v) is 5.96. The van der Waals surface area contributed by atoms with E-state index in [0.717, 1.165) is 17.1 Å². The van der Waals surface area contributed by atoms with Crippen LogP contribution >= 0.6 is 11.3 Å². The zero-order chi connectivity index (χ0) is 15.4. The lowest BCUT2D eigenvalue weighted by atomic mass is 10.3. The lowest BCUT2D eigenvalue weighted by Crippen LogP contribution is -2.39. The fourth-order valence-electron chi connectivity index (χ4n) is 2.18. The first-order valence-corrected chi connectivity index (χ1v) is 7.80. The van der Waals surface area contributed by atoms with Gasteiger partial charge in [0.05, 0.1) is 29.5 Å². The van der Waals surface area contributed by atoms with Gasteiger partial charge in [0.25, 0.3) is 0 Å². The average Bonchev–Trinajstić information content (AvgIpc) is 3.05. The normalized spacial score (nSPS) is 12.2. The summed E-state index contributed by atoms with van der Waals surface area (Å²) in [6, 6.07) is 2.05. The van der Waals surface area contributed by atoms with Crippen molar-refractivity contribution in [2.24, 2.45) is 0 Å². The van der Waals surface area contributed by atoms with E-state index >= 15 is 0 Å². The SMILES string of the molecule is Cc1cc(C)n([C@@H](C)CNC(=O)N(C)Cc2cscn2)n1. The molecule has 0 bridgehead atoms. The quantitative estimate of drug-likeness (QED) is 0.922. The molecule has 0 unspecified atom stereocenters. The van der Waals surface area contributed by atoms with Gasteiger partial charge in [-0.1, -0.05) is 0 Å². The highest BCUT2D eigenvalue weighted by molar-refractivity contribution is 7.07. The molecule has 0 aromatic carbocycles. The van der Waals surface area contributed by atoms with Crippen molar-refractivity contribution in [1.29, 1.82) is 0 Å². The molecule has 1 N–H and O–H groups in total. The second-order valence-electron chi connectivity index (χ2n) is 5.24. The van der Waals surface area contributed by atoms with Crippen LogP contribution in [0.5, 0.6) is 0 Å². The highest BCUT2D eigenvalue weighted by Crippen LogP contribution is 2.10. The summed E-state index contributed by atoms with van der Waals surface area (Å²) in [5.74, 6) is 0. The van der Waals surface area contributed by atoms with Gasteiger partial charge in [0.1, 0.15) is 0 Å². The Hall–Kier alpha value is -1.89. The Labute approximate surface area is 128 Å². The lowest BCUT2D eigenvalue weighted by molar-refractivity contribution is 0.204. The molecule has 0 fully saturated rings. The monoisotopic (exact) mass is 307 g/mol. The van der Waals surface area contributed by atoms with E-state index in [1.54, 1.807) is 17.5 Å². The van der Waals surface area contributed by atoms with Crippen molar-refractivity contribution < 1.29 is 4.79 Å². The number of aryl methyl sites for hydroxylation is 2. The van der Waals surface area contributed by atoms with Crippen LogP contribution in [0.2, 0.25) is 0 Å². The van der Waals surface area contributed by atoms with Crippen LogP contribution in [0.15, 0.2) is 17.0 Å². The maximum atomic E-state index is 12.1. The number of carbonyl (C=O) groups excluding carboxylic acids is 1. The Morgan fingerprint density at radius 3 is 2.86 bits per heavy atom. The van der Waals surface area contributed by atoms with Gasteiger partial charge in [-0.25, -0.2) is 9.78 Å². The molecule has 0 spiro atoms. The van der Waals surface area contributed by atoms with Crippen LogP contribution in [0.25, 0.3) is 0 Å². The molecule has 6 nitrogen and oxygen atoms in total. The largest absolute Gasteiger partial charge is 0.336 e. The highest BCUT2D eigenvalue weighted by Gasteiger charge is 2.13. The van der Waals surface area contributed by atoms with Crippen molar-refractivity contribution in [3.63, 3.8) is 0 Å². The Morgan fingerprint density at radius 2 is 2.29 bits per heavy atom. The van der Waals surface area contributed by atoms with Gasteiger partial charge in [0.15, 0.2) is 0 Å². The summed E-state index contributed by atoms with van der Waals surface area (Å²) in [6.45, 7) is 7.09. The maximum absolute atomic E-state index is 12.1. The van der Waals surface area contributed by atoms with Crippen LogP contribution in [0.4, 0.5) is 4.79 Å². The Bertz CT molecular complexity index is 593. The van der Waals surface area contributed by atoms with Gasteiger partial charge in [0, 0.05) is 24.7 Å². The molecule has 2 heterocycles. The standard InChI is InChI=1S/C14H21N5OS/c1-10-5-11(2)19(17-10)12(3)6-15-14(20)18(4)7-13-8-21-9-16-13/h5,8-9,12H,6-7H2,1-4H3,(H,15,20)/t12-/m0/s1. The molecule has 0 radical (unpaired) electrons. The third-order valence-corrected chi connectivity index (χ3v) is 3.88. The van der Waals surface area contributed by atoms with Crippen LogP contribution in [-0.2, 0) is 6.54 Å². The summed E-state index contributed by atoms with van der Waals surface area (Å²) in [6.07, 6.45) is 0. The predicted molar refractivity (Wildman–Crippen MR) is 83.4 cm³/mol. The van der Waals surface area contributed by atoms with Gasteiger partial charge >= 0.3 is 6.03 Å². The summed E-state index contributed by atoms with van der Waals surface area (Å²) < 4.78 is 1.94. The minimum atomic E-state index is -0.101. The fourth-order valence-corrected chi connectivity index (χ4v) is 2.73. The third kappa shape index (κ3) is 4.04. The summed E-state index contributed by atoms with van der Waals surface area (Å²) >= 11 is 1.53. The Kier molecular flexibility index (Phi) is 4.95. The summed E-state index contributed by atoms with van der Waals surface area (Å²) in [7, 11) is 1.77. The van der Waals surface area contributed by atoms with Crippen molar-refractivity contribution in [3.8, 4) is 0 Å². The van der Waals surface area contributed by atoms with Gasteiger partial charge in [-0.3, -0.25) is 4.68 Å². The molecule has 0 aliphatic carbocycles. The van der Waals surface area contributed by atoms with E-state index in [1.807, 2.05) is 36.9 Å². The van der Waals surface area contributed by atoms with E-state index in [1.165, 1.54) is 11.3 Å². The molecule has 7 heteroatoms. The maximum Gasteiger partial charge on any atom is 0.317 e. The molecule has 0 aliphatic heterocycles. The number of carbonyl (C=O) groups is 1. The smallest absolute Gasteiger partial charge is 0.317 e. The van der Waals surface area contributed by atoms with Gasteiger partial charge < -0.3 is 10.2 Å². The Balaban J connectivity index is 1.84. The lowest BCUT2D eigenvalue weighted by Gasteiger charge is -2.20. The molecule has 21 heavy (non-hydrogen) atoms. The number of thiazole rings is 1. The molecular weight excluding hydrogens is 286 g/mol. The van der Waals surface area contributed by atoms with E-state index in [0.29, 0.717) is 13.1 Å². The van der Waals surface area contributed by atoms with Crippen molar-refractivity contribution >= 4 is 17.4 Å². The van der Waals surface area contributed by atoms with Crippen LogP contribution in [0.1, 0.15) is 30.0 Å². The number of urea groups is 1. The van der Waals surface area contributed by atoms with Crippen molar-refractivity contribution in [3.05, 3.63) is 34.0 Å². The average molecular weight is 307 g/mol. The van der Waals surface area contributed by atoms with Crippen LogP contribution < -0.4 is 5.32 Å². The molecular formula is C14H21N5OS. The summed E-state index contributed by atoms with van der Waals surface area (Å²) in [5, 5.41) is 9.31. The Morgan fingerprint density at radius 1 is 1.52 bits per heavy atom. The fraction of sp³-hybridized carbons (Fsp3) is 0.500. The first-order chi connectivity index (χ1) is 9.97. The molecule has 2 aromatic rings. The third-order valence-electron chi connectivity index (χ3n) is 3.24. The van der Waals surface area contributed by atoms with Crippen molar-refractivity contribution in [2.75, 3.05) is 13.6 Å². The van der Waals surface area contributed by atoms with Crippen LogP contribution in [0.3, 0.4) is 0 Å². The number of nitrogens with one attached hydrogen (secondary N) is 1. The topological polar surface area (TPSA) is 63.1 Å². The van der Waals surface area contributed by atoms with E-state index in [-0.39, 0.29) is 12.1 Å². The molecule has 0 saturated carbocycles. The minimum Gasteiger partial charge on any atom is -0.336 e. The number of nitrogens with zero attached hydrogens (tertiary/aromatic N) is 4. The van der Waals surface area contributed by atoms with Gasteiger partial charge in [0.2, 0.25) is 0 Å². The molecule has 2 rings (SSSR count). The molecule has 2 amide bonds. The van der Waals surface area contributed by atoms with Gasteiger partial charge in [-0.05, 0) is 26.8 Å². The number of amides is 2. The molecule has 114 valence electrons. The molecule has 1 atom stereocenters. The first-order valence-electron chi connectivity index (χ1n) is 6.86. The first kappa shape index (κ1) is 15.5. The van der Waals surface area contributed by atoms with Crippen LogP contribution in [-0.4, -0.2) is 39.3 Å². The second kappa shape index (κ2) is 6.71. The van der Waals surface area contributed by atoms with E-state index in [2.05, 4.69) is 15.4 Å². The molecule has 0 saturated heterocycles.